The maximum absolute atomic E-state index is 13.2. The number of amides is 1. The van der Waals surface area contributed by atoms with Crippen molar-refractivity contribution in [3.05, 3.63) is 76.3 Å². The van der Waals surface area contributed by atoms with Gasteiger partial charge in [0, 0.05) is 36.3 Å². The largest absolute Gasteiger partial charge is 0.376 e. The number of hydrogen-bond donors (Lipinski definition) is 1. The molecule has 0 radical (unpaired) electrons. The molecule has 1 aliphatic rings. The number of aromatic nitrogens is 2. The van der Waals surface area contributed by atoms with Gasteiger partial charge in [-0.15, -0.1) is 0 Å². The number of fused-ring (bicyclic) bond motifs is 1. The first kappa shape index (κ1) is 17.4. The Morgan fingerprint density at radius 3 is 2.85 bits per heavy atom. The molecular weight excluding hydrogens is 342 g/mol. The summed E-state index contributed by atoms with van der Waals surface area (Å²) in [5, 5.41) is 0.574. The maximum atomic E-state index is 13.2. The molecule has 3 aromatic rings. The molecule has 2 aromatic heterocycles. The molecule has 6 nitrogen and oxygen atoms in total. The highest BCUT2D eigenvalue weighted by molar-refractivity contribution is 5.94. The van der Waals surface area contributed by atoms with Crippen LogP contribution < -0.4 is 5.43 Å². The molecular formula is C21H21N3O3. The van der Waals surface area contributed by atoms with Gasteiger partial charge in [0.2, 0.25) is 0 Å². The van der Waals surface area contributed by atoms with Gasteiger partial charge in [-0.3, -0.25) is 14.6 Å². The van der Waals surface area contributed by atoms with Crippen molar-refractivity contribution < 1.29 is 9.53 Å². The van der Waals surface area contributed by atoms with Crippen LogP contribution in [-0.2, 0) is 11.3 Å². The molecule has 0 saturated carbocycles. The van der Waals surface area contributed by atoms with E-state index in [9.17, 15) is 9.59 Å². The van der Waals surface area contributed by atoms with E-state index < -0.39 is 0 Å². The molecule has 1 unspecified atom stereocenters. The monoisotopic (exact) mass is 363 g/mol. The first-order valence-electron chi connectivity index (χ1n) is 9.13. The molecule has 1 N–H and O–H groups in total. The second kappa shape index (κ2) is 7.72. The Morgan fingerprint density at radius 1 is 1.22 bits per heavy atom. The number of pyridine rings is 2. The molecule has 0 spiro atoms. The van der Waals surface area contributed by atoms with Crippen molar-refractivity contribution in [3.63, 3.8) is 0 Å². The number of nitrogens with zero attached hydrogens (tertiary/aromatic N) is 2. The van der Waals surface area contributed by atoms with Gasteiger partial charge in [-0.1, -0.05) is 18.2 Å². The number of nitrogens with one attached hydrogen (secondary N) is 1. The predicted molar refractivity (Wildman–Crippen MR) is 103 cm³/mol. The normalized spacial score (nSPS) is 16.5. The molecule has 1 atom stereocenters. The van der Waals surface area contributed by atoms with E-state index in [1.807, 2.05) is 30.3 Å². The van der Waals surface area contributed by atoms with E-state index in [0.717, 1.165) is 25.1 Å². The molecule has 0 aliphatic carbocycles. The van der Waals surface area contributed by atoms with E-state index in [0.29, 0.717) is 24.0 Å². The van der Waals surface area contributed by atoms with Gasteiger partial charge in [0.1, 0.15) is 5.69 Å². The van der Waals surface area contributed by atoms with Crippen molar-refractivity contribution in [2.24, 2.45) is 0 Å². The minimum Gasteiger partial charge on any atom is -0.376 e. The lowest BCUT2D eigenvalue weighted by Crippen LogP contribution is -2.38. The number of hydrogen-bond acceptors (Lipinski definition) is 4. The minimum atomic E-state index is -0.223. The average Bonchev–Trinajstić information content (AvgIpc) is 3.21. The fourth-order valence-corrected chi connectivity index (χ4v) is 3.42. The number of carbonyl (C=O) groups excluding carboxylic acids is 1. The zero-order valence-electron chi connectivity index (χ0n) is 14.9. The highest BCUT2D eigenvalue weighted by atomic mass is 16.5. The van der Waals surface area contributed by atoms with Crippen LogP contribution in [0.4, 0.5) is 0 Å². The quantitative estimate of drug-likeness (QED) is 0.756. The van der Waals surface area contributed by atoms with Crippen molar-refractivity contribution in [2.45, 2.75) is 25.5 Å². The fourth-order valence-electron chi connectivity index (χ4n) is 3.42. The smallest absolute Gasteiger partial charge is 0.270 e. The lowest BCUT2D eigenvalue weighted by atomic mass is 10.1. The second-order valence-corrected chi connectivity index (χ2v) is 6.73. The zero-order chi connectivity index (χ0) is 18.6. The third-order valence-electron chi connectivity index (χ3n) is 4.78. The summed E-state index contributed by atoms with van der Waals surface area (Å²) in [5.41, 5.74) is 1.57. The minimum absolute atomic E-state index is 0.0184. The summed E-state index contributed by atoms with van der Waals surface area (Å²) in [6, 6.07) is 14.2. The molecule has 0 bridgehead atoms. The molecule has 1 saturated heterocycles. The van der Waals surface area contributed by atoms with Gasteiger partial charge in [0.25, 0.3) is 5.91 Å². The standard InChI is InChI=1S/C21H21N3O3/c25-20-12-19(23-18-9-2-1-8-17(18)20)21(26)24(14-16-7-5-11-27-16)13-15-6-3-4-10-22-15/h1-4,6,8-10,12,16H,5,7,11,13-14H2,(H,23,25). The number of aromatic amines is 1. The summed E-state index contributed by atoms with van der Waals surface area (Å²) in [6.45, 7) is 1.57. The number of para-hydroxylation sites is 1. The van der Waals surface area contributed by atoms with Crippen molar-refractivity contribution in [2.75, 3.05) is 13.2 Å². The Bertz CT molecular complexity index is 994. The molecule has 1 aliphatic heterocycles. The van der Waals surface area contributed by atoms with Gasteiger partial charge in [-0.05, 0) is 37.1 Å². The Hall–Kier alpha value is -2.99. The van der Waals surface area contributed by atoms with Gasteiger partial charge in [-0.25, -0.2) is 0 Å². The number of ether oxygens (including phenoxy) is 1. The van der Waals surface area contributed by atoms with Gasteiger partial charge in [0.05, 0.1) is 18.3 Å². The summed E-state index contributed by atoms with van der Waals surface area (Å²) in [7, 11) is 0. The number of benzene rings is 1. The van der Waals surface area contributed by atoms with E-state index in [1.54, 1.807) is 23.2 Å². The number of carbonyl (C=O) groups is 1. The highest BCUT2D eigenvalue weighted by Crippen LogP contribution is 2.17. The lowest BCUT2D eigenvalue weighted by molar-refractivity contribution is 0.0500. The number of rotatable bonds is 5. The molecule has 3 heterocycles. The molecule has 6 heteroatoms. The first-order valence-corrected chi connectivity index (χ1v) is 9.13. The predicted octanol–water partition coefficient (Wildman–Crippen LogP) is 2.74. The molecule has 1 amide bonds. The van der Waals surface area contributed by atoms with Crippen LogP contribution >= 0.6 is 0 Å². The molecule has 138 valence electrons. The Labute approximate surface area is 156 Å². The molecule has 1 fully saturated rings. The summed E-state index contributed by atoms with van der Waals surface area (Å²) >= 11 is 0. The van der Waals surface area contributed by atoms with E-state index in [2.05, 4.69) is 9.97 Å². The van der Waals surface area contributed by atoms with Crippen LogP contribution in [0.1, 0.15) is 29.0 Å². The van der Waals surface area contributed by atoms with E-state index in [-0.39, 0.29) is 23.1 Å². The summed E-state index contributed by atoms with van der Waals surface area (Å²) < 4.78 is 5.71. The Morgan fingerprint density at radius 2 is 2.07 bits per heavy atom. The van der Waals surface area contributed by atoms with E-state index in [1.165, 1.54) is 6.07 Å². The van der Waals surface area contributed by atoms with Gasteiger partial charge in [0.15, 0.2) is 5.43 Å². The van der Waals surface area contributed by atoms with Crippen LogP contribution in [0, 0.1) is 0 Å². The third-order valence-corrected chi connectivity index (χ3v) is 4.78. The Balaban J connectivity index is 1.65. The van der Waals surface area contributed by atoms with E-state index in [4.69, 9.17) is 4.74 Å². The van der Waals surface area contributed by atoms with Crippen molar-refractivity contribution in [1.82, 2.24) is 14.9 Å². The van der Waals surface area contributed by atoms with Crippen molar-refractivity contribution in [3.8, 4) is 0 Å². The average molecular weight is 363 g/mol. The molecule has 27 heavy (non-hydrogen) atoms. The van der Waals surface area contributed by atoms with Crippen LogP contribution in [0.3, 0.4) is 0 Å². The summed E-state index contributed by atoms with van der Waals surface area (Å²) in [6.07, 6.45) is 3.66. The van der Waals surface area contributed by atoms with Gasteiger partial charge < -0.3 is 14.6 Å². The van der Waals surface area contributed by atoms with Crippen molar-refractivity contribution in [1.29, 1.82) is 0 Å². The van der Waals surface area contributed by atoms with Crippen LogP contribution in [0.2, 0.25) is 0 Å². The van der Waals surface area contributed by atoms with Gasteiger partial charge >= 0.3 is 0 Å². The Kier molecular flexibility index (Phi) is 4.98. The lowest BCUT2D eigenvalue weighted by Gasteiger charge is -2.25. The molecule has 4 rings (SSSR count). The van der Waals surface area contributed by atoms with E-state index >= 15 is 0 Å². The third kappa shape index (κ3) is 3.90. The van der Waals surface area contributed by atoms with Gasteiger partial charge in [-0.2, -0.15) is 0 Å². The van der Waals surface area contributed by atoms with Crippen LogP contribution in [0.15, 0.2) is 59.5 Å². The van der Waals surface area contributed by atoms with Crippen LogP contribution in [0.25, 0.3) is 10.9 Å². The first-order chi connectivity index (χ1) is 13.2. The SMILES string of the molecule is O=C(c1cc(=O)c2ccccc2[nH]1)N(Cc1ccccn1)CC1CCCO1. The highest BCUT2D eigenvalue weighted by Gasteiger charge is 2.25. The number of H-pyrrole nitrogens is 1. The van der Waals surface area contributed by atoms with Crippen LogP contribution in [-0.4, -0.2) is 40.0 Å². The second-order valence-electron chi connectivity index (χ2n) is 6.73. The van der Waals surface area contributed by atoms with Crippen LogP contribution in [0.5, 0.6) is 0 Å². The zero-order valence-corrected chi connectivity index (χ0v) is 14.9. The molecule has 1 aromatic carbocycles. The maximum Gasteiger partial charge on any atom is 0.270 e. The van der Waals surface area contributed by atoms with Crippen molar-refractivity contribution >= 4 is 16.8 Å². The summed E-state index contributed by atoms with van der Waals surface area (Å²) in [5.74, 6) is -0.223. The summed E-state index contributed by atoms with van der Waals surface area (Å²) in [4.78, 5) is 34.7. The topological polar surface area (TPSA) is 75.3 Å². The fraction of sp³-hybridized carbons (Fsp3) is 0.286.